The first-order valence-electron chi connectivity index (χ1n) is 6.98. The van der Waals surface area contributed by atoms with Gasteiger partial charge in [0.25, 0.3) is 0 Å². The van der Waals surface area contributed by atoms with Crippen LogP contribution < -0.4 is 5.32 Å². The largest absolute Gasteiger partial charge is 0.376 e. The van der Waals surface area contributed by atoms with Crippen LogP contribution in [0.15, 0.2) is 53.0 Å². The van der Waals surface area contributed by atoms with Crippen LogP contribution in [0.5, 0.6) is 0 Å². The lowest BCUT2D eigenvalue weighted by Crippen LogP contribution is -2.34. The second-order valence-electron chi connectivity index (χ2n) is 5.10. The SMILES string of the molecule is CC(c1ccc(F)cc1)N(C)C(=O)CNc1cccc(Br)c1. The Bertz CT molecular complexity index is 645. The van der Waals surface area contributed by atoms with Gasteiger partial charge in [0.05, 0.1) is 12.6 Å². The molecule has 0 aromatic heterocycles. The maximum atomic E-state index is 13.0. The molecule has 0 aliphatic rings. The Morgan fingerprint density at radius 3 is 2.59 bits per heavy atom. The molecule has 0 heterocycles. The molecule has 2 rings (SSSR count). The van der Waals surface area contributed by atoms with Gasteiger partial charge in [-0.2, -0.15) is 0 Å². The third-order valence-corrected chi connectivity index (χ3v) is 4.09. The molecule has 0 spiro atoms. The van der Waals surface area contributed by atoms with E-state index in [-0.39, 0.29) is 24.3 Å². The van der Waals surface area contributed by atoms with E-state index < -0.39 is 0 Å². The summed E-state index contributed by atoms with van der Waals surface area (Å²) in [6.45, 7) is 2.13. The minimum Gasteiger partial charge on any atom is -0.376 e. The Morgan fingerprint density at radius 1 is 1.27 bits per heavy atom. The van der Waals surface area contributed by atoms with E-state index in [1.54, 1.807) is 24.1 Å². The molecule has 1 atom stereocenters. The number of halogens is 2. The number of hydrogen-bond donors (Lipinski definition) is 1. The summed E-state index contributed by atoms with van der Waals surface area (Å²) in [7, 11) is 1.75. The van der Waals surface area contributed by atoms with Gasteiger partial charge >= 0.3 is 0 Å². The van der Waals surface area contributed by atoms with E-state index in [2.05, 4.69) is 21.2 Å². The fourth-order valence-corrected chi connectivity index (χ4v) is 2.48. The molecular weight excluding hydrogens is 347 g/mol. The normalized spacial score (nSPS) is 11.8. The predicted octanol–water partition coefficient (Wildman–Crippen LogP) is 4.22. The minimum atomic E-state index is -0.277. The van der Waals surface area contributed by atoms with Crippen LogP contribution in [-0.4, -0.2) is 24.4 Å². The zero-order chi connectivity index (χ0) is 16.1. The van der Waals surface area contributed by atoms with Crippen molar-refractivity contribution in [1.82, 2.24) is 4.90 Å². The maximum absolute atomic E-state index is 13.0. The van der Waals surface area contributed by atoms with E-state index in [1.165, 1.54) is 12.1 Å². The molecule has 2 aromatic rings. The van der Waals surface area contributed by atoms with Crippen LogP contribution >= 0.6 is 15.9 Å². The van der Waals surface area contributed by atoms with Crippen LogP contribution in [0.3, 0.4) is 0 Å². The Balaban J connectivity index is 1.95. The van der Waals surface area contributed by atoms with E-state index in [9.17, 15) is 9.18 Å². The quantitative estimate of drug-likeness (QED) is 0.861. The predicted molar refractivity (Wildman–Crippen MR) is 90.2 cm³/mol. The standard InChI is InChI=1S/C17H18BrFN2O/c1-12(13-6-8-15(19)9-7-13)21(2)17(22)11-20-16-5-3-4-14(18)10-16/h3-10,12,20H,11H2,1-2H3. The number of hydrogen-bond acceptors (Lipinski definition) is 2. The van der Waals surface area contributed by atoms with Crippen molar-refractivity contribution in [2.75, 3.05) is 18.9 Å². The zero-order valence-corrected chi connectivity index (χ0v) is 14.1. The van der Waals surface area contributed by atoms with E-state index in [0.717, 1.165) is 15.7 Å². The Morgan fingerprint density at radius 2 is 1.95 bits per heavy atom. The van der Waals surface area contributed by atoms with Crippen LogP contribution in [0.4, 0.5) is 10.1 Å². The van der Waals surface area contributed by atoms with Crippen LogP contribution in [0, 0.1) is 5.82 Å². The molecule has 0 radical (unpaired) electrons. The van der Waals surface area contributed by atoms with Gasteiger partial charge in [0.15, 0.2) is 0 Å². The highest BCUT2D eigenvalue weighted by Crippen LogP contribution is 2.20. The molecular formula is C17H18BrFN2O. The number of carbonyl (C=O) groups is 1. The van der Waals surface area contributed by atoms with Crippen molar-refractivity contribution in [2.24, 2.45) is 0 Å². The molecule has 0 aliphatic heterocycles. The van der Waals surface area contributed by atoms with Crippen molar-refractivity contribution in [3.63, 3.8) is 0 Å². The summed E-state index contributed by atoms with van der Waals surface area (Å²) in [5.74, 6) is -0.307. The molecule has 0 aliphatic carbocycles. The van der Waals surface area contributed by atoms with Crippen molar-refractivity contribution in [2.45, 2.75) is 13.0 Å². The summed E-state index contributed by atoms with van der Waals surface area (Å²) >= 11 is 3.39. The monoisotopic (exact) mass is 364 g/mol. The molecule has 0 saturated heterocycles. The lowest BCUT2D eigenvalue weighted by molar-refractivity contribution is -0.129. The van der Waals surface area contributed by atoms with Crippen molar-refractivity contribution in [3.05, 3.63) is 64.4 Å². The van der Waals surface area contributed by atoms with Gasteiger partial charge in [-0.1, -0.05) is 34.1 Å². The molecule has 1 N–H and O–H groups in total. The fraction of sp³-hybridized carbons (Fsp3) is 0.235. The summed E-state index contributed by atoms with van der Waals surface area (Å²) in [6, 6.07) is 13.7. The Hall–Kier alpha value is -1.88. The van der Waals surface area contributed by atoms with E-state index in [0.29, 0.717) is 0 Å². The molecule has 3 nitrogen and oxygen atoms in total. The van der Waals surface area contributed by atoms with Gasteiger partial charge in [0, 0.05) is 17.2 Å². The highest BCUT2D eigenvalue weighted by molar-refractivity contribution is 9.10. The molecule has 1 amide bonds. The smallest absolute Gasteiger partial charge is 0.242 e. The topological polar surface area (TPSA) is 32.3 Å². The van der Waals surface area contributed by atoms with Crippen molar-refractivity contribution in [3.8, 4) is 0 Å². The van der Waals surface area contributed by atoms with Crippen LogP contribution in [0.2, 0.25) is 0 Å². The number of likely N-dealkylation sites (N-methyl/N-ethyl adjacent to an activating group) is 1. The van der Waals surface area contributed by atoms with Gasteiger partial charge in [-0.25, -0.2) is 4.39 Å². The lowest BCUT2D eigenvalue weighted by Gasteiger charge is -2.25. The third-order valence-electron chi connectivity index (χ3n) is 3.60. The fourth-order valence-electron chi connectivity index (χ4n) is 2.08. The average Bonchev–Trinajstić information content (AvgIpc) is 2.52. The first-order valence-corrected chi connectivity index (χ1v) is 7.77. The Kier molecular flexibility index (Phi) is 5.55. The van der Waals surface area contributed by atoms with Crippen molar-refractivity contribution >= 4 is 27.5 Å². The van der Waals surface area contributed by atoms with Gasteiger partial charge in [-0.05, 0) is 42.8 Å². The minimum absolute atomic E-state index is 0.0307. The number of nitrogens with one attached hydrogen (secondary N) is 1. The van der Waals surface area contributed by atoms with Crippen molar-refractivity contribution < 1.29 is 9.18 Å². The third kappa shape index (κ3) is 4.31. The van der Waals surface area contributed by atoms with E-state index >= 15 is 0 Å². The van der Waals surface area contributed by atoms with Crippen LogP contribution in [0.1, 0.15) is 18.5 Å². The summed E-state index contributed by atoms with van der Waals surface area (Å²) in [4.78, 5) is 13.9. The number of nitrogens with zero attached hydrogens (tertiary/aromatic N) is 1. The summed E-state index contributed by atoms with van der Waals surface area (Å²) in [5.41, 5.74) is 1.78. The first kappa shape index (κ1) is 16.5. The summed E-state index contributed by atoms with van der Waals surface area (Å²) < 4.78 is 13.9. The molecule has 0 fully saturated rings. The van der Waals surface area contributed by atoms with Gasteiger partial charge in [0.1, 0.15) is 5.82 Å². The molecule has 1 unspecified atom stereocenters. The van der Waals surface area contributed by atoms with Gasteiger partial charge in [0.2, 0.25) is 5.91 Å². The van der Waals surface area contributed by atoms with Gasteiger partial charge in [-0.15, -0.1) is 0 Å². The molecule has 5 heteroatoms. The second kappa shape index (κ2) is 7.40. The summed E-state index contributed by atoms with van der Waals surface area (Å²) in [5, 5.41) is 3.10. The molecule has 2 aromatic carbocycles. The zero-order valence-electron chi connectivity index (χ0n) is 12.5. The Labute approximate surface area is 138 Å². The molecule has 22 heavy (non-hydrogen) atoms. The highest BCUT2D eigenvalue weighted by atomic mass is 79.9. The van der Waals surface area contributed by atoms with Gasteiger partial charge < -0.3 is 10.2 Å². The lowest BCUT2D eigenvalue weighted by atomic mass is 10.1. The number of amides is 1. The first-order chi connectivity index (χ1) is 10.5. The van der Waals surface area contributed by atoms with Crippen LogP contribution in [-0.2, 0) is 4.79 Å². The molecule has 116 valence electrons. The molecule has 0 bridgehead atoms. The summed E-state index contributed by atoms with van der Waals surface area (Å²) in [6.07, 6.45) is 0. The number of benzene rings is 2. The molecule has 0 saturated carbocycles. The van der Waals surface area contributed by atoms with E-state index in [1.807, 2.05) is 31.2 Å². The van der Waals surface area contributed by atoms with Gasteiger partial charge in [-0.3, -0.25) is 4.79 Å². The highest BCUT2D eigenvalue weighted by Gasteiger charge is 2.17. The van der Waals surface area contributed by atoms with E-state index in [4.69, 9.17) is 0 Å². The number of carbonyl (C=O) groups excluding carboxylic acids is 1. The number of rotatable bonds is 5. The maximum Gasteiger partial charge on any atom is 0.242 e. The number of anilines is 1. The average molecular weight is 365 g/mol. The van der Waals surface area contributed by atoms with Crippen LogP contribution in [0.25, 0.3) is 0 Å². The second-order valence-corrected chi connectivity index (χ2v) is 6.01. The van der Waals surface area contributed by atoms with Crippen molar-refractivity contribution in [1.29, 1.82) is 0 Å².